The van der Waals surface area contributed by atoms with Gasteiger partial charge in [-0.25, -0.2) is 0 Å². The highest BCUT2D eigenvalue weighted by Gasteiger charge is 2.33. The molecule has 0 aromatic heterocycles. The van der Waals surface area contributed by atoms with Gasteiger partial charge in [0.15, 0.2) is 0 Å². The molecule has 5 heteroatoms. The van der Waals surface area contributed by atoms with E-state index < -0.39 is 12.6 Å². The highest BCUT2D eigenvalue weighted by molar-refractivity contribution is 4.82. The molecule has 1 saturated heterocycles. The van der Waals surface area contributed by atoms with Gasteiger partial charge in [-0.05, 0) is 33.2 Å². The van der Waals surface area contributed by atoms with Crippen molar-refractivity contribution in [3.8, 4) is 0 Å². The average Bonchev–Trinajstić information content (AvgIpc) is 2.51. The van der Waals surface area contributed by atoms with Crippen molar-refractivity contribution in [1.82, 2.24) is 5.32 Å². The van der Waals surface area contributed by atoms with Crippen molar-refractivity contribution in [1.29, 1.82) is 0 Å². The van der Waals surface area contributed by atoms with Gasteiger partial charge in [-0.3, -0.25) is 0 Å². The largest absolute Gasteiger partial charge is 0.389 e. The Balaban J connectivity index is 2.36. The Kier molecular flexibility index (Phi) is 4.40. The summed E-state index contributed by atoms with van der Waals surface area (Å²) in [5, 5.41) is 2.91. The van der Waals surface area contributed by atoms with Gasteiger partial charge >= 0.3 is 6.18 Å². The van der Waals surface area contributed by atoms with Crippen molar-refractivity contribution >= 4 is 0 Å². The van der Waals surface area contributed by atoms with E-state index in [1.165, 1.54) is 0 Å². The second-order valence-electron chi connectivity index (χ2n) is 4.11. The molecule has 90 valence electrons. The van der Waals surface area contributed by atoms with E-state index in [1.807, 2.05) is 6.92 Å². The van der Waals surface area contributed by atoms with Crippen LogP contribution < -0.4 is 5.32 Å². The Bertz CT molecular complexity index is 196. The number of alkyl halides is 3. The molecule has 0 spiro atoms. The van der Waals surface area contributed by atoms with E-state index in [9.17, 15) is 13.2 Å². The van der Waals surface area contributed by atoms with Gasteiger partial charge in [0.25, 0.3) is 0 Å². The number of halogens is 3. The number of ether oxygens (including phenoxy) is 1. The Hall–Kier alpha value is -0.290. The molecule has 0 aliphatic carbocycles. The van der Waals surface area contributed by atoms with Crippen LogP contribution in [-0.2, 0) is 4.74 Å². The monoisotopic (exact) mass is 225 g/mol. The summed E-state index contributed by atoms with van der Waals surface area (Å²) in [5.74, 6) is 0. The molecule has 0 amide bonds. The zero-order chi connectivity index (χ0) is 11.5. The van der Waals surface area contributed by atoms with Crippen LogP contribution >= 0.6 is 0 Å². The van der Waals surface area contributed by atoms with Crippen LogP contribution in [0.5, 0.6) is 0 Å². The van der Waals surface area contributed by atoms with E-state index in [4.69, 9.17) is 4.74 Å². The predicted octanol–water partition coefficient (Wildman–Crippen LogP) is 2.48. The minimum atomic E-state index is -4.07. The van der Waals surface area contributed by atoms with E-state index >= 15 is 0 Å². The quantitative estimate of drug-likeness (QED) is 0.793. The predicted molar refractivity (Wildman–Crippen MR) is 51.7 cm³/mol. The molecule has 0 aromatic rings. The second-order valence-corrected chi connectivity index (χ2v) is 4.11. The third-order valence-electron chi connectivity index (χ3n) is 2.82. The zero-order valence-corrected chi connectivity index (χ0v) is 9.10. The van der Waals surface area contributed by atoms with Crippen molar-refractivity contribution in [2.75, 3.05) is 7.05 Å². The van der Waals surface area contributed by atoms with Crippen LogP contribution in [-0.4, -0.2) is 31.5 Å². The normalized spacial score (nSPS) is 29.4. The molecule has 1 aliphatic heterocycles. The van der Waals surface area contributed by atoms with Gasteiger partial charge in [-0.15, -0.1) is 0 Å². The molecule has 2 nitrogen and oxygen atoms in total. The Morgan fingerprint density at radius 1 is 1.40 bits per heavy atom. The summed E-state index contributed by atoms with van der Waals surface area (Å²) in [6.45, 7) is 1.95. The average molecular weight is 225 g/mol. The fourth-order valence-electron chi connectivity index (χ4n) is 1.96. The summed E-state index contributed by atoms with van der Waals surface area (Å²) in [6.07, 6.45) is -2.81. The van der Waals surface area contributed by atoms with Crippen molar-refractivity contribution in [3.63, 3.8) is 0 Å². The molecule has 0 saturated carbocycles. The van der Waals surface area contributed by atoms with Crippen LogP contribution in [0.1, 0.15) is 32.6 Å². The number of likely N-dealkylation sites (N-methyl/N-ethyl adjacent to an activating group) is 1. The standard InChI is InChI=1S/C10H18F3NO/c1-7-3-4-9(15-7)8(14-2)5-6-10(11,12)13/h7-9,14H,3-6H2,1-2H3. The highest BCUT2D eigenvalue weighted by atomic mass is 19.4. The lowest BCUT2D eigenvalue weighted by atomic mass is 10.0. The Morgan fingerprint density at radius 2 is 2.07 bits per heavy atom. The second kappa shape index (κ2) is 5.16. The lowest BCUT2D eigenvalue weighted by Crippen LogP contribution is -2.38. The van der Waals surface area contributed by atoms with Gasteiger partial charge in [0.1, 0.15) is 0 Å². The van der Waals surface area contributed by atoms with Gasteiger partial charge in [0, 0.05) is 12.5 Å². The maximum Gasteiger partial charge on any atom is 0.389 e. The number of hydrogen-bond donors (Lipinski definition) is 1. The lowest BCUT2D eigenvalue weighted by molar-refractivity contribution is -0.138. The van der Waals surface area contributed by atoms with Gasteiger partial charge < -0.3 is 10.1 Å². The van der Waals surface area contributed by atoms with Crippen LogP contribution in [0.3, 0.4) is 0 Å². The smallest absolute Gasteiger partial charge is 0.374 e. The molecule has 1 N–H and O–H groups in total. The molecule has 1 fully saturated rings. The first-order valence-electron chi connectivity index (χ1n) is 5.32. The fourth-order valence-corrected chi connectivity index (χ4v) is 1.96. The molecule has 0 radical (unpaired) electrons. The van der Waals surface area contributed by atoms with E-state index in [0.29, 0.717) is 0 Å². The molecule has 3 atom stereocenters. The summed E-state index contributed by atoms with van der Waals surface area (Å²) in [5.41, 5.74) is 0. The number of rotatable bonds is 4. The number of nitrogens with one attached hydrogen (secondary N) is 1. The molecule has 0 bridgehead atoms. The SMILES string of the molecule is CNC(CCC(F)(F)F)C1CCC(C)O1. The summed E-state index contributed by atoms with van der Waals surface area (Å²) in [6, 6.07) is -0.184. The minimum absolute atomic E-state index is 0.0626. The van der Waals surface area contributed by atoms with Crippen LogP contribution in [0.15, 0.2) is 0 Å². The molecular formula is C10H18F3NO. The summed E-state index contributed by atoms with van der Waals surface area (Å²) < 4.78 is 41.7. The number of hydrogen-bond acceptors (Lipinski definition) is 2. The first-order valence-corrected chi connectivity index (χ1v) is 5.32. The first-order chi connectivity index (χ1) is 6.92. The highest BCUT2D eigenvalue weighted by Crippen LogP contribution is 2.27. The molecule has 1 heterocycles. The van der Waals surface area contributed by atoms with E-state index in [-0.39, 0.29) is 24.7 Å². The summed E-state index contributed by atoms with van der Waals surface area (Å²) >= 11 is 0. The van der Waals surface area contributed by atoms with Gasteiger partial charge in [-0.2, -0.15) is 13.2 Å². The first kappa shape index (κ1) is 12.8. The van der Waals surface area contributed by atoms with Crippen molar-refractivity contribution in [3.05, 3.63) is 0 Å². The molecule has 1 aliphatic rings. The summed E-state index contributed by atoms with van der Waals surface area (Å²) in [4.78, 5) is 0. The van der Waals surface area contributed by atoms with Gasteiger partial charge in [0.2, 0.25) is 0 Å². The molecular weight excluding hydrogens is 207 g/mol. The van der Waals surface area contributed by atoms with Crippen molar-refractivity contribution in [2.24, 2.45) is 0 Å². The van der Waals surface area contributed by atoms with Gasteiger partial charge in [-0.1, -0.05) is 0 Å². The molecule has 1 rings (SSSR count). The van der Waals surface area contributed by atoms with Crippen LogP contribution in [0.25, 0.3) is 0 Å². The summed E-state index contributed by atoms with van der Waals surface area (Å²) in [7, 11) is 1.69. The van der Waals surface area contributed by atoms with Gasteiger partial charge in [0.05, 0.1) is 12.2 Å². The third-order valence-corrected chi connectivity index (χ3v) is 2.82. The van der Waals surface area contributed by atoms with Crippen molar-refractivity contribution < 1.29 is 17.9 Å². The Labute approximate surface area is 88.2 Å². The molecule has 15 heavy (non-hydrogen) atoms. The van der Waals surface area contributed by atoms with Crippen LogP contribution in [0, 0.1) is 0 Å². The Morgan fingerprint density at radius 3 is 2.47 bits per heavy atom. The maximum atomic E-state index is 12.0. The molecule has 3 unspecified atom stereocenters. The van der Waals surface area contributed by atoms with E-state index in [1.54, 1.807) is 7.05 Å². The van der Waals surface area contributed by atoms with E-state index in [2.05, 4.69) is 5.32 Å². The van der Waals surface area contributed by atoms with Crippen LogP contribution in [0.2, 0.25) is 0 Å². The fraction of sp³-hybridized carbons (Fsp3) is 1.00. The molecule has 0 aromatic carbocycles. The minimum Gasteiger partial charge on any atom is -0.374 e. The van der Waals surface area contributed by atoms with Crippen LogP contribution in [0.4, 0.5) is 13.2 Å². The lowest BCUT2D eigenvalue weighted by Gasteiger charge is -2.23. The van der Waals surface area contributed by atoms with E-state index in [0.717, 1.165) is 12.8 Å². The van der Waals surface area contributed by atoms with Crippen molar-refractivity contribution in [2.45, 2.75) is 57.0 Å². The zero-order valence-electron chi connectivity index (χ0n) is 9.10. The maximum absolute atomic E-state index is 12.0. The topological polar surface area (TPSA) is 21.3 Å². The third kappa shape index (κ3) is 4.38.